The number of benzene rings is 1. The Balaban J connectivity index is 2.38. The zero-order chi connectivity index (χ0) is 13.6. The number of methoxy groups -OCH3 is 1. The second kappa shape index (κ2) is 6.40. The van der Waals surface area contributed by atoms with Gasteiger partial charge in [0.1, 0.15) is 5.75 Å². The summed E-state index contributed by atoms with van der Waals surface area (Å²) in [6.45, 7) is 5.65. The molecular formula is C14H21NO3. The molecule has 0 unspecified atom stereocenters. The fourth-order valence-corrected chi connectivity index (χ4v) is 1.35. The number of amides is 1. The van der Waals surface area contributed by atoms with Gasteiger partial charge < -0.3 is 4.74 Å². The molecule has 1 aromatic carbocycles. The van der Waals surface area contributed by atoms with E-state index in [-0.39, 0.29) is 11.5 Å². The number of carbonyl (C=O) groups is 1. The number of rotatable bonds is 5. The maximum atomic E-state index is 11.6. The summed E-state index contributed by atoms with van der Waals surface area (Å²) in [5, 5.41) is 0. The third-order valence-corrected chi connectivity index (χ3v) is 2.25. The molecule has 100 valence electrons. The van der Waals surface area contributed by atoms with Gasteiger partial charge in [0.25, 0.3) is 0 Å². The van der Waals surface area contributed by atoms with Gasteiger partial charge in [0.05, 0.1) is 12.7 Å². The van der Waals surface area contributed by atoms with Crippen molar-refractivity contribution >= 4 is 5.91 Å². The number of carbonyl (C=O) groups excluding carboxylic acids is 1. The average molecular weight is 251 g/mol. The molecule has 0 spiro atoms. The molecule has 18 heavy (non-hydrogen) atoms. The van der Waals surface area contributed by atoms with Crippen LogP contribution in [0.25, 0.3) is 0 Å². The SMILES string of the molecule is COc1cccc(CCC(=O)NOC(C)(C)C)c1. The van der Waals surface area contributed by atoms with E-state index in [1.807, 2.05) is 45.0 Å². The first-order chi connectivity index (χ1) is 8.40. The molecule has 0 aromatic heterocycles. The molecule has 0 saturated heterocycles. The van der Waals surface area contributed by atoms with Crippen molar-refractivity contribution in [2.24, 2.45) is 0 Å². The average Bonchev–Trinajstić information content (AvgIpc) is 2.33. The number of hydrogen-bond donors (Lipinski definition) is 1. The van der Waals surface area contributed by atoms with Gasteiger partial charge >= 0.3 is 0 Å². The molecule has 0 fully saturated rings. The number of aryl methyl sites for hydroxylation is 1. The Kier molecular flexibility index (Phi) is 5.16. The Labute approximate surface area is 108 Å². The van der Waals surface area contributed by atoms with Gasteiger partial charge in [-0.1, -0.05) is 12.1 Å². The Morgan fingerprint density at radius 3 is 2.67 bits per heavy atom. The predicted molar refractivity (Wildman–Crippen MR) is 70.3 cm³/mol. The highest BCUT2D eigenvalue weighted by Crippen LogP contribution is 2.14. The van der Waals surface area contributed by atoms with Crippen LogP contribution in [0.2, 0.25) is 0 Å². The van der Waals surface area contributed by atoms with Crippen LogP contribution in [-0.4, -0.2) is 18.6 Å². The second-order valence-corrected chi connectivity index (χ2v) is 5.09. The summed E-state index contributed by atoms with van der Waals surface area (Å²) in [5.74, 6) is 0.687. The van der Waals surface area contributed by atoms with Gasteiger partial charge in [0.2, 0.25) is 5.91 Å². The molecule has 1 aromatic rings. The Bertz CT molecular complexity index is 396. The number of hydrogen-bond acceptors (Lipinski definition) is 3. The molecule has 0 aliphatic rings. The predicted octanol–water partition coefficient (Wildman–Crippen LogP) is 2.47. The van der Waals surface area contributed by atoms with E-state index < -0.39 is 0 Å². The van der Waals surface area contributed by atoms with Gasteiger partial charge in [-0.05, 0) is 44.9 Å². The van der Waals surface area contributed by atoms with Crippen molar-refractivity contribution < 1.29 is 14.4 Å². The molecule has 0 heterocycles. The maximum Gasteiger partial charge on any atom is 0.243 e. The standard InChI is InChI=1S/C14H21NO3/c1-14(2,3)18-15-13(16)9-8-11-6-5-7-12(10-11)17-4/h5-7,10H,8-9H2,1-4H3,(H,15,16). The van der Waals surface area contributed by atoms with Gasteiger partial charge in [0, 0.05) is 6.42 Å². The molecule has 0 radical (unpaired) electrons. The lowest BCUT2D eigenvalue weighted by molar-refractivity contribution is -0.145. The summed E-state index contributed by atoms with van der Waals surface area (Å²) in [4.78, 5) is 16.8. The van der Waals surface area contributed by atoms with Gasteiger partial charge in [0.15, 0.2) is 0 Å². The van der Waals surface area contributed by atoms with Crippen molar-refractivity contribution in [3.63, 3.8) is 0 Å². The molecule has 0 saturated carbocycles. The van der Waals surface area contributed by atoms with Crippen molar-refractivity contribution in [2.75, 3.05) is 7.11 Å². The summed E-state index contributed by atoms with van der Waals surface area (Å²) >= 11 is 0. The minimum atomic E-state index is -0.369. The maximum absolute atomic E-state index is 11.6. The van der Waals surface area contributed by atoms with Crippen LogP contribution in [0, 0.1) is 0 Å². The lowest BCUT2D eigenvalue weighted by Gasteiger charge is -2.18. The highest BCUT2D eigenvalue weighted by atomic mass is 16.7. The summed E-state index contributed by atoms with van der Waals surface area (Å²) < 4.78 is 5.13. The molecule has 0 bridgehead atoms. The van der Waals surface area contributed by atoms with Crippen LogP contribution in [-0.2, 0) is 16.1 Å². The van der Waals surface area contributed by atoms with Crippen LogP contribution in [0.5, 0.6) is 5.75 Å². The molecule has 0 aliphatic heterocycles. The second-order valence-electron chi connectivity index (χ2n) is 5.09. The van der Waals surface area contributed by atoms with Crippen molar-refractivity contribution in [3.05, 3.63) is 29.8 Å². The summed E-state index contributed by atoms with van der Waals surface area (Å²) in [6.07, 6.45) is 1.06. The number of nitrogens with one attached hydrogen (secondary N) is 1. The minimum Gasteiger partial charge on any atom is -0.497 e. The normalized spacial score (nSPS) is 11.1. The quantitative estimate of drug-likeness (QED) is 0.818. The number of hydroxylamine groups is 1. The highest BCUT2D eigenvalue weighted by Gasteiger charge is 2.12. The molecule has 1 N–H and O–H groups in total. The van der Waals surface area contributed by atoms with E-state index in [1.165, 1.54) is 0 Å². The van der Waals surface area contributed by atoms with E-state index in [4.69, 9.17) is 9.57 Å². The molecule has 0 aliphatic carbocycles. The van der Waals surface area contributed by atoms with Crippen molar-refractivity contribution in [2.45, 2.75) is 39.2 Å². The van der Waals surface area contributed by atoms with E-state index in [9.17, 15) is 4.79 Å². The molecule has 1 amide bonds. The molecular weight excluding hydrogens is 230 g/mol. The van der Waals surface area contributed by atoms with Gasteiger partial charge in [-0.15, -0.1) is 0 Å². The summed E-state index contributed by atoms with van der Waals surface area (Å²) in [7, 11) is 1.63. The topological polar surface area (TPSA) is 47.6 Å². The van der Waals surface area contributed by atoms with Crippen molar-refractivity contribution in [3.8, 4) is 5.75 Å². The van der Waals surface area contributed by atoms with Crippen LogP contribution < -0.4 is 10.2 Å². The van der Waals surface area contributed by atoms with Crippen LogP contribution in [0.4, 0.5) is 0 Å². The van der Waals surface area contributed by atoms with Crippen molar-refractivity contribution in [1.82, 2.24) is 5.48 Å². The van der Waals surface area contributed by atoms with E-state index in [0.29, 0.717) is 12.8 Å². The van der Waals surface area contributed by atoms with Gasteiger partial charge in [-0.2, -0.15) is 0 Å². The van der Waals surface area contributed by atoms with E-state index >= 15 is 0 Å². The molecule has 4 heteroatoms. The molecule has 4 nitrogen and oxygen atoms in total. The zero-order valence-corrected chi connectivity index (χ0v) is 11.4. The van der Waals surface area contributed by atoms with Crippen LogP contribution >= 0.6 is 0 Å². The first-order valence-electron chi connectivity index (χ1n) is 6.00. The summed E-state index contributed by atoms with van der Waals surface area (Å²) in [6, 6.07) is 7.70. The van der Waals surface area contributed by atoms with Gasteiger partial charge in [-0.25, -0.2) is 5.48 Å². The van der Waals surface area contributed by atoms with E-state index in [0.717, 1.165) is 11.3 Å². The smallest absolute Gasteiger partial charge is 0.243 e. The number of ether oxygens (including phenoxy) is 1. The molecule has 0 atom stereocenters. The largest absolute Gasteiger partial charge is 0.497 e. The third kappa shape index (κ3) is 5.68. The Morgan fingerprint density at radius 1 is 1.33 bits per heavy atom. The van der Waals surface area contributed by atoms with E-state index in [1.54, 1.807) is 7.11 Å². The monoisotopic (exact) mass is 251 g/mol. The Hall–Kier alpha value is -1.55. The van der Waals surface area contributed by atoms with Crippen LogP contribution in [0.3, 0.4) is 0 Å². The van der Waals surface area contributed by atoms with E-state index in [2.05, 4.69) is 5.48 Å². The lowest BCUT2D eigenvalue weighted by atomic mass is 10.1. The van der Waals surface area contributed by atoms with Crippen molar-refractivity contribution in [1.29, 1.82) is 0 Å². The van der Waals surface area contributed by atoms with Crippen LogP contribution in [0.15, 0.2) is 24.3 Å². The fourth-order valence-electron chi connectivity index (χ4n) is 1.35. The van der Waals surface area contributed by atoms with Gasteiger partial charge in [-0.3, -0.25) is 9.63 Å². The third-order valence-electron chi connectivity index (χ3n) is 2.25. The van der Waals surface area contributed by atoms with Crippen LogP contribution in [0.1, 0.15) is 32.8 Å². The first-order valence-corrected chi connectivity index (χ1v) is 6.00. The Morgan fingerprint density at radius 2 is 2.06 bits per heavy atom. The fraction of sp³-hybridized carbons (Fsp3) is 0.500. The lowest BCUT2D eigenvalue weighted by Crippen LogP contribution is -2.33. The highest BCUT2D eigenvalue weighted by molar-refractivity contribution is 5.75. The zero-order valence-electron chi connectivity index (χ0n) is 11.4. The first kappa shape index (κ1) is 14.5. The minimum absolute atomic E-state index is 0.118. The summed E-state index contributed by atoms with van der Waals surface area (Å²) in [5.41, 5.74) is 3.15. The molecule has 1 rings (SSSR count).